The Morgan fingerprint density at radius 3 is 2.58 bits per heavy atom. The van der Waals surface area contributed by atoms with Crippen LogP contribution in [0, 0.1) is 6.92 Å². The number of urea groups is 1. The summed E-state index contributed by atoms with van der Waals surface area (Å²) in [6, 6.07) is 6.74. The Kier molecular flexibility index (Phi) is 4.73. The van der Waals surface area contributed by atoms with Gasteiger partial charge in [-0.25, -0.2) is 4.79 Å². The smallest absolute Gasteiger partial charge is 0.319 e. The van der Waals surface area contributed by atoms with E-state index in [-0.39, 0.29) is 6.54 Å². The first kappa shape index (κ1) is 18.0. The number of aryl methyl sites for hydroxylation is 2. The van der Waals surface area contributed by atoms with Gasteiger partial charge in [-0.05, 0) is 25.8 Å². The minimum absolute atomic E-state index is 0.347. The molecule has 0 spiro atoms. The maximum atomic E-state index is 12.8. The molecule has 1 aliphatic heterocycles. The van der Waals surface area contributed by atoms with Crippen molar-refractivity contribution >= 4 is 34.3 Å². The van der Waals surface area contributed by atoms with E-state index in [4.69, 9.17) is 0 Å². The number of hydrogen-bond acceptors (Lipinski definition) is 6. The van der Waals surface area contributed by atoms with Gasteiger partial charge in [0.15, 0.2) is 0 Å². The number of nitrogens with one attached hydrogen (secondary N) is 2. The molecule has 1 aromatic heterocycles. The van der Waals surface area contributed by atoms with Gasteiger partial charge in [0.1, 0.15) is 17.1 Å². The van der Waals surface area contributed by atoms with E-state index in [1.165, 1.54) is 11.3 Å². The van der Waals surface area contributed by atoms with E-state index >= 15 is 0 Å². The van der Waals surface area contributed by atoms with Crippen LogP contribution >= 0.6 is 11.3 Å². The number of carbonyl (C=O) groups excluding carboxylic acids is 3. The lowest BCUT2D eigenvalue weighted by atomic mass is 9.91. The number of aromatic nitrogens is 2. The first-order valence-electron chi connectivity index (χ1n) is 8.17. The summed E-state index contributed by atoms with van der Waals surface area (Å²) in [4.78, 5) is 38.2. The molecule has 0 unspecified atom stereocenters. The average molecular weight is 373 g/mol. The van der Waals surface area contributed by atoms with E-state index in [1.54, 1.807) is 19.1 Å². The molecule has 136 valence electrons. The lowest BCUT2D eigenvalue weighted by molar-refractivity contribution is -0.133. The topological polar surface area (TPSA) is 104 Å². The van der Waals surface area contributed by atoms with Crippen LogP contribution in [-0.2, 0) is 21.5 Å². The minimum Gasteiger partial charge on any atom is -0.319 e. The summed E-state index contributed by atoms with van der Waals surface area (Å²) in [7, 11) is 0. The van der Waals surface area contributed by atoms with Crippen LogP contribution in [0.2, 0.25) is 0 Å². The summed E-state index contributed by atoms with van der Waals surface area (Å²) in [5.41, 5.74) is 0.526. The molecule has 1 fully saturated rings. The zero-order valence-corrected chi connectivity index (χ0v) is 15.5. The van der Waals surface area contributed by atoms with Crippen molar-refractivity contribution in [2.24, 2.45) is 0 Å². The van der Waals surface area contributed by atoms with Crippen molar-refractivity contribution in [3.63, 3.8) is 0 Å². The number of carbonyl (C=O) groups is 3. The lowest BCUT2D eigenvalue weighted by Gasteiger charge is -2.22. The molecule has 0 bridgehead atoms. The monoisotopic (exact) mass is 373 g/mol. The number of amides is 4. The molecule has 0 radical (unpaired) electrons. The van der Waals surface area contributed by atoms with E-state index in [1.807, 2.05) is 26.0 Å². The van der Waals surface area contributed by atoms with Gasteiger partial charge in [0.05, 0.1) is 0 Å². The third-order valence-corrected chi connectivity index (χ3v) is 5.20. The maximum Gasteiger partial charge on any atom is 0.325 e. The highest BCUT2D eigenvalue weighted by Gasteiger charge is 2.49. The maximum absolute atomic E-state index is 12.8. The normalized spacial score (nSPS) is 19.6. The Labute approximate surface area is 154 Å². The molecule has 2 aromatic rings. The summed E-state index contributed by atoms with van der Waals surface area (Å²) in [5, 5.41) is 14.2. The van der Waals surface area contributed by atoms with Crippen LogP contribution < -0.4 is 10.6 Å². The lowest BCUT2D eigenvalue weighted by Crippen LogP contribution is -2.42. The van der Waals surface area contributed by atoms with Crippen molar-refractivity contribution in [1.29, 1.82) is 0 Å². The predicted octanol–water partition coefficient (Wildman–Crippen LogP) is 1.81. The Morgan fingerprint density at radius 2 is 1.96 bits per heavy atom. The second-order valence-electron chi connectivity index (χ2n) is 6.22. The van der Waals surface area contributed by atoms with Crippen molar-refractivity contribution in [3.05, 3.63) is 40.4 Å². The number of imide groups is 1. The summed E-state index contributed by atoms with van der Waals surface area (Å²) in [5.74, 6) is -0.964. The summed E-state index contributed by atoms with van der Waals surface area (Å²) in [6.45, 7) is 5.13. The molecule has 1 atom stereocenters. The molecule has 1 aliphatic rings. The van der Waals surface area contributed by atoms with E-state index in [2.05, 4.69) is 20.8 Å². The molecule has 0 saturated carbocycles. The predicted molar refractivity (Wildman–Crippen MR) is 96.7 cm³/mol. The highest BCUT2D eigenvalue weighted by molar-refractivity contribution is 7.15. The number of hydrogen-bond donors (Lipinski definition) is 2. The standard InChI is InChI=1S/C17H19N5O3S/c1-4-13-20-21-15(26-13)18-12(23)9-22-14(24)17(3,19-16(22)25)11-7-5-10(2)6-8-11/h5-8H,4,9H2,1-3H3,(H,19,25)(H,18,21,23)/t17-/m0/s1. The van der Waals surface area contributed by atoms with Gasteiger partial charge in [0.2, 0.25) is 11.0 Å². The molecule has 1 aromatic carbocycles. The average Bonchev–Trinajstić information content (AvgIpc) is 3.14. The Balaban J connectivity index is 1.72. The SMILES string of the molecule is CCc1nnc(NC(=O)CN2C(=O)N[C@@](C)(c3ccc(C)cc3)C2=O)s1. The van der Waals surface area contributed by atoms with E-state index in [0.29, 0.717) is 10.7 Å². The molecule has 4 amide bonds. The van der Waals surface area contributed by atoms with Crippen molar-refractivity contribution in [1.82, 2.24) is 20.4 Å². The molecule has 9 heteroatoms. The molecular formula is C17H19N5O3S. The van der Waals surface area contributed by atoms with E-state index in [9.17, 15) is 14.4 Å². The molecule has 2 N–H and O–H groups in total. The number of rotatable bonds is 5. The van der Waals surface area contributed by atoms with Crippen molar-refractivity contribution in [3.8, 4) is 0 Å². The zero-order valence-electron chi connectivity index (χ0n) is 14.7. The van der Waals surface area contributed by atoms with Crippen LogP contribution in [0.15, 0.2) is 24.3 Å². The van der Waals surface area contributed by atoms with Crippen LogP contribution in [-0.4, -0.2) is 39.5 Å². The van der Waals surface area contributed by atoms with Crippen LogP contribution in [0.4, 0.5) is 9.93 Å². The second-order valence-corrected chi connectivity index (χ2v) is 7.28. The molecule has 1 saturated heterocycles. The van der Waals surface area contributed by atoms with Crippen molar-refractivity contribution in [2.45, 2.75) is 32.7 Å². The van der Waals surface area contributed by atoms with E-state index in [0.717, 1.165) is 21.9 Å². The molecule has 2 heterocycles. The first-order chi connectivity index (χ1) is 12.3. The summed E-state index contributed by atoms with van der Waals surface area (Å²) in [6.07, 6.45) is 0.718. The van der Waals surface area contributed by atoms with Gasteiger partial charge in [-0.1, -0.05) is 48.1 Å². The third kappa shape index (κ3) is 3.30. The largest absolute Gasteiger partial charge is 0.325 e. The molecular weight excluding hydrogens is 354 g/mol. The molecule has 3 rings (SSSR count). The molecule has 8 nitrogen and oxygen atoms in total. The quantitative estimate of drug-likeness (QED) is 0.778. The Morgan fingerprint density at radius 1 is 1.27 bits per heavy atom. The first-order valence-corrected chi connectivity index (χ1v) is 8.98. The minimum atomic E-state index is -1.19. The van der Waals surface area contributed by atoms with Crippen LogP contribution in [0.5, 0.6) is 0 Å². The Bertz CT molecular complexity index is 864. The van der Waals surface area contributed by atoms with Gasteiger partial charge in [-0.2, -0.15) is 0 Å². The van der Waals surface area contributed by atoms with Gasteiger partial charge >= 0.3 is 6.03 Å². The molecule has 0 aliphatic carbocycles. The van der Waals surface area contributed by atoms with Gasteiger partial charge < -0.3 is 5.32 Å². The third-order valence-electron chi connectivity index (χ3n) is 4.22. The molecule has 26 heavy (non-hydrogen) atoms. The summed E-state index contributed by atoms with van der Waals surface area (Å²) >= 11 is 1.26. The van der Waals surface area contributed by atoms with Crippen molar-refractivity contribution in [2.75, 3.05) is 11.9 Å². The van der Waals surface area contributed by atoms with Gasteiger partial charge in [0, 0.05) is 0 Å². The fourth-order valence-corrected chi connectivity index (χ4v) is 3.37. The van der Waals surface area contributed by atoms with Gasteiger partial charge in [-0.15, -0.1) is 10.2 Å². The number of anilines is 1. The van der Waals surface area contributed by atoms with Crippen LogP contribution in [0.3, 0.4) is 0 Å². The number of nitrogens with zero attached hydrogens (tertiary/aromatic N) is 3. The number of benzene rings is 1. The summed E-state index contributed by atoms with van der Waals surface area (Å²) < 4.78 is 0. The second kappa shape index (κ2) is 6.83. The highest BCUT2D eigenvalue weighted by atomic mass is 32.1. The van der Waals surface area contributed by atoms with E-state index < -0.39 is 23.4 Å². The van der Waals surface area contributed by atoms with Gasteiger partial charge in [0.25, 0.3) is 5.91 Å². The van der Waals surface area contributed by atoms with Gasteiger partial charge in [-0.3, -0.25) is 19.8 Å². The Hall–Kier alpha value is -2.81. The van der Waals surface area contributed by atoms with Crippen molar-refractivity contribution < 1.29 is 14.4 Å². The fourth-order valence-electron chi connectivity index (χ4n) is 2.67. The fraction of sp³-hybridized carbons (Fsp3) is 0.353. The van der Waals surface area contributed by atoms with Crippen LogP contribution in [0.1, 0.15) is 30.0 Å². The highest BCUT2D eigenvalue weighted by Crippen LogP contribution is 2.29. The van der Waals surface area contributed by atoms with Crippen LogP contribution in [0.25, 0.3) is 0 Å². The zero-order chi connectivity index (χ0) is 18.9.